The summed E-state index contributed by atoms with van der Waals surface area (Å²) in [5.74, 6) is -2.87. The maximum atomic E-state index is 14.5. The third-order valence-corrected chi connectivity index (χ3v) is 4.00. The fourth-order valence-electron chi connectivity index (χ4n) is 2.63. The van der Waals surface area contributed by atoms with Gasteiger partial charge in [-0.1, -0.05) is 49.1 Å². The van der Waals surface area contributed by atoms with Crippen molar-refractivity contribution >= 4 is 6.08 Å². The van der Waals surface area contributed by atoms with Crippen LogP contribution < -0.4 is 4.74 Å². The summed E-state index contributed by atoms with van der Waals surface area (Å²) in [7, 11) is 1.25. The zero-order chi connectivity index (χ0) is 18.0. The van der Waals surface area contributed by atoms with Crippen LogP contribution in [-0.4, -0.2) is 7.11 Å². The molecule has 0 aliphatic heterocycles. The van der Waals surface area contributed by atoms with Gasteiger partial charge in [0.1, 0.15) is 5.82 Å². The van der Waals surface area contributed by atoms with Crippen molar-refractivity contribution in [3.05, 3.63) is 84.2 Å². The summed E-state index contributed by atoms with van der Waals surface area (Å²) in [6.07, 6.45) is 1.70. The Morgan fingerprint density at radius 3 is 2.04 bits per heavy atom. The highest BCUT2D eigenvalue weighted by Crippen LogP contribution is 2.32. The highest BCUT2D eigenvalue weighted by Gasteiger charge is 2.16. The van der Waals surface area contributed by atoms with E-state index in [1.165, 1.54) is 25.3 Å². The number of methoxy groups -OCH3 is 1. The van der Waals surface area contributed by atoms with E-state index in [4.69, 9.17) is 4.74 Å². The second-order valence-corrected chi connectivity index (χ2v) is 5.46. The maximum absolute atomic E-state index is 14.5. The minimum Gasteiger partial charge on any atom is -0.494 e. The van der Waals surface area contributed by atoms with Crippen molar-refractivity contribution in [3.8, 4) is 28.0 Å². The first-order valence-corrected chi connectivity index (χ1v) is 7.60. The van der Waals surface area contributed by atoms with Gasteiger partial charge in [-0.05, 0) is 34.9 Å². The average Bonchev–Trinajstić information content (AvgIpc) is 2.64. The molecule has 25 heavy (non-hydrogen) atoms. The van der Waals surface area contributed by atoms with Crippen LogP contribution in [0, 0.1) is 17.5 Å². The van der Waals surface area contributed by atoms with Crippen molar-refractivity contribution in [2.24, 2.45) is 0 Å². The highest BCUT2D eigenvalue weighted by molar-refractivity contribution is 5.72. The first-order valence-electron chi connectivity index (χ1n) is 7.60. The van der Waals surface area contributed by atoms with Crippen molar-refractivity contribution in [2.75, 3.05) is 7.11 Å². The van der Waals surface area contributed by atoms with Crippen LogP contribution in [-0.2, 0) is 0 Å². The van der Waals surface area contributed by atoms with E-state index in [-0.39, 0.29) is 16.9 Å². The predicted octanol–water partition coefficient (Wildman–Crippen LogP) is 6.09. The van der Waals surface area contributed by atoms with Crippen molar-refractivity contribution in [3.63, 3.8) is 0 Å². The third-order valence-electron chi connectivity index (χ3n) is 4.00. The largest absolute Gasteiger partial charge is 0.494 e. The molecule has 0 unspecified atom stereocenters. The van der Waals surface area contributed by atoms with E-state index < -0.39 is 17.5 Å². The predicted molar refractivity (Wildman–Crippen MR) is 93.8 cm³/mol. The molecule has 0 atom stereocenters. The average molecular weight is 340 g/mol. The quantitative estimate of drug-likeness (QED) is 0.558. The Balaban J connectivity index is 2.02. The molecule has 0 radical (unpaired) electrons. The van der Waals surface area contributed by atoms with Gasteiger partial charge in [0.2, 0.25) is 5.82 Å². The smallest absolute Gasteiger partial charge is 0.201 e. The lowest BCUT2D eigenvalue weighted by atomic mass is 9.98. The molecule has 0 aromatic heterocycles. The highest BCUT2D eigenvalue weighted by atomic mass is 19.2. The second kappa shape index (κ2) is 6.85. The van der Waals surface area contributed by atoms with Crippen LogP contribution in [0.4, 0.5) is 13.2 Å². The van der Waals surface area contributed by atoms with Gasteiger partial charge in [-0.2, -0.15) is 4.39 Å². The van der Waals surface area contributed by atoms with Gasteiger partial charge in [0.15, 0.2) is 11.6 Å². The molecule has 4 heteroatoms. The lowest BCUT2D eigenvalue weighted by molar-refractivity contribution is 0.372. The molecule has 0 aliphatic carbocycles. The van der Waals surface area contributed by atoms with Gasteiger partial charge in [0.05, 0.1) is 7.11 Å². The summed E-state index contributed by atoms with van der Waals surface area (Å²) in [5.41, 5.74) is 2.23. The van der Waals surface area contributed by atoms with Crippen molar-refractivity contribution in [2.45, 2.75) is 0 Å². The van der Waals surface area contributed by atoms with E-state index in [1.54, 1.807) is 30.3 Å². The van der Waals surface area contributed by atoms with Gasteiger partial charge >= 0.3 is 0 Å². The fraction of sp³-hybridized carbons (Fsp3) is 0.0476. The molecule has 0 spiro atoms. The van der Waals surface area contributed by atoms with Gasteiger partial charge in [-0.15, -0.1) is 0 Å². The van der Waals surface area contributed by atoms with E-state index >= 15 is 0 Å². The zero-order valence-corrected chi connectivity index (χ0v) is 13.5. The lowest BCUT2D eigenvalue weighted by Gasteiger charge is -2.10. The molecule has 0 bridgehead atoms. The lowest BCUT2D eigenvalue weighted by Crippen LogP contribution is -1.95. The summed E-state index contributed by atoms with van der Waals surface area (Å²) in [6, 6.07) is 14.2. The summed E-state index contributed by atoms with van der Waals surface area (Å²) < 4.78 is 47.3. The number of hydrogen-bond acceptors (Lipinski definition) is 1. The summed E-state index contributed by atoms with van der Waals surface area (Å²) in [5, 5.41) is 0. The van der Waals surface area contributed by atoms with Crippen LogP contribution in [0.1, 0.15) is 5.56 Å². The molecule has 3 rings (SSSR count). The normalized spacial score (nSPS) is 10.6. The number of ether oxygens (including phenoxy) is 1. The third kappa shape index (κ3) is 3.15. The number of halogens is 3. The Hall–Kier alpha value is -3.01. The van der Waals surface area contributed by atoms with Gasteiger partial charge in [-0.25, -0.2) is 8.78 Å². The minimum absolute atomic E-state index is 0.0224. The molecule has 1 nitrogen and oxygen atoms in total. The molecular weight excluding hydrogens is 325 g/mol. The molecule has 0 amide bonds. The second-order valence-electron chi connectivity index (χ2n) is 5.46. The topological polar surface area (TPSA) is 9.23 Å². The molecule has 0 heterocycles. The molecular formula is C21H15F3O. The minimum atomic E-state index is -1.09. The van der Waals surface area contributed by atoms with E-state index in [0.29, 0.717) is 11.1 Å². The zero-order valence-electron chi connectivity index (χ0n) is 13.5. The Bertz CT molecular complexity index is 931. The SMILES string of the molecule is C=Cc1ccc(-c2ccc(-c3ccc(OC)c(F)c3F)cc2F)cc1. The number of hydrogen-bond donors (Lipinski definition) is 0. The molecule has 0 fully saturated rings. The van der Waals surface area contributed by atoms with E-state index in [2.05, 4.69) is 6.58 Å². The van der Waals surface area contributed by atoms with Crippen LogP contribution in [0.5, 0.6) is 5.75 Å². The van der Waals surface area contributed by atoms with E-state index in [0.717, 1.165) is 5.56 Å². The maximum Gasteiger partial charge on any atom is 0.201 e. The molecule has 3 aromatic carbocycles. The summed E-state index contributed by atoms with van der Waals surface area (Å²) in [4.78, 5) is 0. The first kappa shape index (κ1) is 16.8. The molecule has 3 aromatic rings. The van der Waals surface area contributed by atoms with Gasteiger partial charge in [-0.3, -0.25) is 0 Å². The van der Waals surface area contributed by atoms with Crippen LogP contribution in [0.2, 0.25) is 0 Å². The van der Waals surface area contributed by atoms with Crippen LogP contribution in [0.15, 0.2) is 61.2 Å². The van der Waals surface area contributed by atoms with E-state index in [1.807, 2.05) is 12.1 Å². The number of benzene rings is 3. The molecule has 0 N–H and O–H groups in total. The molecule has 126 valence electrons. The van der Waals surface area contributed by atoms with Crippen molar-refractivity contribution in [1.29, 1.82) is 0 Å². The Morgan fingerprint density at radius 1 is 0.800 bits per heavy atom. The van der Waals surface area contributed by atoms with Crippen LogP contribution in [0.3, 0.4) is 0 Å². The fourth-order valence-corrected chi connectivity index (χ4v) is 2.63. The van der Waals surface area contributed by atoms with Gasteiger partial charge in [0.25, 0.3) is 0 Å². The van der Waals surface area contributed by atoms with Crippen LogP contribution >= 0.6 is 0 Å². The summed E-state index contributed by atoms with van der Waals surface area (Å²) in [6.45, 7) is 3.67. The van der Waals surface area contributed by atoms with Crippen molar-refractivity contribution < 1.29 is 17.9 Å². The Labute approximate surface area is 144 Å². The standard InChI is InChI=1S/C21H15F3O/c1-3-13-4-6-14(7-5-13)16-9-8-15(12-18(16)22)17-10-11-19(25-2)21(24)20(17)23/h3-12H,1H2,2H3. The van der Waals surface area contributed by atoms with Gasteiger partial charge < -0.3 is 4.74 Å². The Kier molecular flexibility index (Phi) is 4.61. The monoisotopic (exact) mass is 340 g/mol. The summed E-state index contributed by atoms with van der Waals surface area (Å²) >= 11 is 0. The molecule has 0 aliphatic rings. The van der Waals surface area contributed by atoms with E-state index in [9.17, 15) is 13.2 Å². The number of rotatable bonds is 4. The van der Waals surface area contributed by atoms with Crippen LogP contribution in [0.25, 0.3) is 28.3 Å². The Morgan fingerprint density at radius 2 is 1.44 bits per heavy atom. The van der Waals surface area contributed by atoms with Gasteiger partial charge in [0, 0.05) is 11.1 Å². The molecule has 0 saturated carbocycles. The van der Waals surface area contributed by atoms with Crippen molar-refractivity contribution in [1.82, 2.24) is 0 Å². The first-order chi connectivity index (χ1) is 12.0. The molecule has 0 saturated heterocycles.